The average molecular weight is 207 g/mol. The van der Waals surface area contributed by atoms with Crippen molar-refractivity contribution in [2.45, 2.75) is 44.8 Å². The van der Waals surface area contributed by atoms with E-state index in [1.165, 1.54) is 0 Å². The molecule has 0 aliphatic heterocycles. The van der Waals surface area contributed by atoms with E-state index in [-0.39, 0.29) is 12.2 Å². The number of aromatic nitrogens is 1. The number of aliphatic hydroxyl groups is 1. The number of ether oxygens (including phenoxy) is 1. The van der Waals surface area contributed by atoms with Crippen LogP contribution in [0.25, 0.3) is 0 Å². The van der Waals surface area contributed by atoms with E-state index in [0.29, 0.717) is 5.88 Å². The Morgan fingerprint density at radius 3 is 3.00 bits per heavy atom. The third-order valence-electron chi connectivity index (χ3n) is 2.83. The fourth-order valence-corrected chi connectivity index (χ4v) is 1.92. The largest absolute Gasteiger partial charge is 0.472 e. The van der Waals surface area contributed by atoms with Crippen LogP contribution in [-0.2, 0) is 6.42 Å². The minimum absolute atomic E-state index is 0.0652. The van der Waals surface area contributed by atoms with Gasteiger partial charge in [-0.2, -0.15) is 0 Å². The molecule has 1 N–H and O–H groups in total. The minimum Gasteiger partial charge on any atom is -0.472 e. The van der Waals surface area contributed by atoms with Crippen molar-refractivity contribution >= 4 is 0 Å². The van der Waals surface area contributed by atoms with E-state index in [1.54, 1.807) is 0 Å². The molecule has 2 atom stereocenters. The molecule has 82 valence electrons. The molecule has 0 radical (unpaired) electrons. The summed E-state index contributed by atoms with van der Waals surface area (Å²) in [5.74, 6) is 0.639. The van der Waals surface area contributed by atoms with Crippen molar-refractivity contribution in [2.24, 2.45) is 0 Å². The molecule has 0 saturated heterocycles. The summed E-state index contributed by atoms with van der Waals surface area (Å²) in [6.07, 6.45) is 3.34. The molecule has 3 heteroatoms. The molecule has 3 nitrogen and oxygen atoms in total. The molecule has 15 heavy (non-hydrogen) atoms. The highest BCUT2D eigenvalue weighted by Gasteiger charge is 2.27. The van der Waals surface area contributed by atoms with Gasteiger partial charge in [-0.1, -0.05) is 13.0 Å². The molecular formula is C12H17NO2. The Kier molecular flexibility index (Phi) is 3.21. The van der Waals surface area contributed by atoms with Gasteiger partial charge in [0.1, 0.15) is 6.10 Å². The zero-order valence-electron chi connectivity index (χ0n) is 9.02. The standard InChI is InChI=1S/C12H17NO2/c1-2-9-5-3-8-12(13-9)15-11-7-4-6-10(11)14/h3,5,8,10-11,14H,2,4,6-7H2,1H3/t10-,11-/m1/s1. The lowest BCUT2D eigenvalue weighted by molar-refractivity contribution is 0.0573. The molecule has 1 aliphatic rings. The maximum Gasteiger partial charge on any atom is 0.213 e. The van der Waals surface area contributed by atoms with Crippen LogP contribution in [0, 0.1) is 0 Å². The van der Waals surface area contributed by atoms with Crippen LogP contribution in [0.4, 0.5) is 0 Å². The van der Waals surface area contributed by atoms with E-state index in [9.17, 15) is 5.11 Å². The third-order valence-corrected chi connectivity index (χ3v) is 2.83. The Hall–Kier alpha value is -1.09. The number of pyridine rings is 1. The Morgan fingerprint density at radius 2 is 2.33 bits per heavy atom. The molecule has 1 saturated carbocycles. The van der Waals surface area contributed by atoms with Gasteiger partial charge in [0.05, 0.1) is 6.10 Å². The van der Waals surface area contributed by atoms with Gasteiger partial charge < -0.3 is 9.84 Å². The second kappa shape index (κ2) is 4.62. The van der Waals surface area contributed by atoms with E-state index >= 15 is 0 Å². The van der Waals surface area contributed by atoms with Crippen LogP contribution < -0.4 is 4.74 Å². The van der Waals surface area contributed by atoms with Crippen molar-refractivity contribution in [3.05, 3.63) is 23.9 Å². The molecule has 1 heterocycles. The summed E-state index contributed by atoms with van der Waals surface area (Å²) in [5.41, 5.74) is 1.03. The number of aliphatic hydroxyl groups excluding tert-OH is 1. The molecule has 1 aliphatic carbocycles. The van der Waals surface area contributed by atoms with Crippen molar-refractivity contribution in [1.29, 1.82) is 0 Å². The highest BCUT2D eigenvalue weighted by molar-refractivity contribution is 5.16. The predicted octanol–water partition coefficient (Wildman–Crippen LogP) is 1.94. The van der Waals surface area contributed by atoms with E-state index in [4.69, 9.17) is 4.74 Å². The summed E-state index contributed by atoms with van der Waals surface area (Å²) in [6.45, 7) is 2.07. The van der Waals surface area contributed by atoms with Gasteiger partial charge >= 0.3 is 0 Å². The first-order valence-electron chi connectivity index (χ1n) is 5.60. The normalized spacial score (nSPS) is 25.5. The van der Waals surface area contributed by atoms with Gasteiger partial charge in [-0.15, -0.1) is 0 Å². The topological polar surface area (TPSA) is 42.4 Å². The molecule has 1 aromatic heterocycles. The van der Waals surface area contributed by atoms with Gasteiger partial charge in [0.25, 0.3) is 0 Å². The van der Waals surface area contributed by atoms with E-state index < -0.39 is 0 Å². The summed E-state index contributed by atoms with van der Waals surface area (Å²) in [5, 5.41) is 9.62. The highest BCUT2D eigenvalue weighted by atomic mass is 16.5. The van der Waals surface area contributed by atoms with Crippen LogP contribution in [0.1, 0.15) is 31.9 Å². The summed E-state index contributed by atoms with van der Waals surface area (Å²) < 4.78 is 5.67. The summed E-state index contributed by atoms with van der Waals surface area (Å²) >= 11 is 0. The Labute approximate surface area is 90.1 Å². The molecule has 0 spiro atoms. The molecule has 1 fully saturated rings. The SMILES string of the molecule is CCc1cccc(O[C@@H]2CCC[C@H]2O)n1. The summed E-state index contributed by atoms with van der Waals surface area (Å²) in [6, 6.07) is 5.78. The number of aryl methyl sites for hydroxylation is 1. The molecule has 0 bridgehead atoms. The molecule has 2 rings (SSSR count). The zero-order valence-corrected chi connectivity index (χ0v) is 9.02. The average Bonchev–Trinajstić information content (AvgIpc) is 2.65. The van der Waals surface area contributed by atoms with Gasteiger partial charge in [-0.05, 0) is 31.7 Å². The van der Waals surface area contributed by atoms with Gasteiger partial charge in [0, 0.05) is 11.8 Å². The molecular weight excluding hydrogens is 190 g/mol. The lowest BCUT2D eigenvalue weighted by Crippen LogP contribution is -2.26. The number of hydrogen-bond donors (Lipinski definition) is 1. The van der Waals surface area contributed by atoms with Gasteiger partial charge in [-0.3, -0.25) is 0 Å². The highest BCUT2D eigenvalue weighted by Crippen LogP contribution is 2.23. The first kappa shape index (κ1) is 10.4. The fraction of sp³-hybridized carbons (Fsp3) is 0.583. The first-order valence-corrected chi connectivity index (χ1v) is 5.60. The molecule has 0 aromatic carbocycles. The summed E-state index contributed by atoms with van der Waals surface area (Å²) in [4.78, 5) is 4.36. The molecule has 0 unspecified atom stereocenters. The van der Waals surface area contributed by atoms with Crippen LogP contribution in [0.15, 0.2) is 18.2 Å². The maximum absolute atomic E-state index is 9.62. The quantitative estimate of drug-likeness (QED) is 0.823. The van der Waals surface area contributed by atoms with Crippen LogP contribution >= 0.6 is 0 Å². The van der Waals surface area contributed by atoms with Gasteiger partial charge in [-0.25, -0.2) is 4.98 Å². The fourth-order valence-electron chi connectivity index (χ4n) is 1.92. The van der Waals surface area contributed by atoms with Crippen LogP contribution in [0.5, 0.6) is 5.88 Å². The van der Waals surface area contributed by atoms with Crippen LogP contribution in [0.2, 0.25) is 0 Å². The lowest BCUT2D eigenvalue weighted by Gasteiger charge is -2.16. The lowest BCUT2D eigenvalue weighted by atomic mass is 10.2. The van der Waals surface area contributed by atoms with Crippen LogP contribution in [-0.4, -0.2) is 22.3 Å². The maximum atomic E-state index is 9.62. The van der Waals surface area contributed by atoms with Crippen LogP contribution in [0.3, 0.4) is 0 Å². The van der Waals surface area contributed by atoms with Crippen molar-refractivity contribution in [3.63, 3.8) is 0 Å². The second-order valence-corrected chi connectivity index (χ2v) is 3.98. The van der Waals surface area contributed by atoms with E-state index in [2.05, 4.69) is 11.9 Å². The minimum atomic E-state index is -0.322. The number of hydrogen-bond acceptors (Lipinski definition) is 3. The second-order valence-electron chi connectivity index (χ2n) is 3.98. The van der Waals surface area contributed by atoms with Gasteiger partial charge in [0.15, 0.2) is 0 Å². The molecule has 0 amide bonds. The predicted molar refractivity (Wildman–Crippen MR) is 57.9 cm³/mol. The van der Waals surface area contributed by atoms with Crippen molar-refractivity contribution < 1.29 is 9.84 Å². The van der Waals surface area contributed by atoms with Gasteiger partial charge in [0.2, 0.25) is 5.88 Å². The number of nitrogens with zero attached hydrogens (tertiary/aromatic N) is 1. The smallest absolute Gasteiger partial charge is 0.213 e. The Morgan fingerprint density at radius 1 is 1.47 bits per heavy atom. The van der Waals surface area contributed by atoms with E-state index in [1.807, 2.05) is 18.2 Å². The third kappa shape index (κ3) is 2.48. The van der Waals surface area contributed by atoms with Crippen molar-refractivity contribution in [1.82, 2.24) is 4.98 Å². The molecule has 1 aromatic rings. The van der Waals surface area contributed by atoms with Crippen molar-refractivity contribution in [2.75, 3.05) is 0 Å². The number of rotatable bonds is 3. The monoisotopic (exact) mass is 207 g/mol. The Balaban J connectivity index is 2.03. The summed E-state index contributed by atoms with van der Waals surface area (Å²) in [7, 11) is 0. The first-order chi connectivity index (χ1) is 7.29. The van der Waals surface area contributed by atoms with E-state index in [0.717, 1.165) is 31.4 Å². The van der Waals surface area contributed by atoms with Crippen molar-refractivity contribution in [3.8, 4) is 5.88 Å². The Bertz CT molecular complexity index is 327. The zero-order chi connectivity index (χ0) is 10.7.